The van der Waals surface area contributed by atoms with Crippen LogP contribution in [0.3, 0.4) is 0 Å². The van der Waals surface area contributed by atoms with Crippen molar-refractivity contribution < 1.29 is 9.16 Å². The Bertz CT molecular complexity index is 881. The van der Waals surface area contributed by atoms with E-state index in [0.29, 0.717) is 33.5 Å². The molecule has 0 amide bonds. The lowest BCUT2D eigenvalue weighted by Gasteiger charge is -2.42. The molecule has 0 atom stereocenters. The minimum absolute atomic E-state index is 0.0510. The third-order valence-corrected chi connectivity index (χ3v) is 12.4. The van der Waals surface area contributed by atoms with Crippen molar-refractivity contribution in [3.8, 4) is 11.5 Å². The summed E-state index contributed by atoms with van der Waals surface area (Å²) in [4.78, 5) is 13.2. The number of halogens is 1. The number of rotatable bonds is 6. The lowest BCUT2D eigenvalue weighted by molar-refractivity contribution is 0.416. The topological polar surface area (TPSA) is 40.5 Å². The van der Waals surface area contributed by atoms with Crippen LogP contribution in [0.25, 0.3) is 10.8 Å². The van der Waals surface area contributed by atoms with Gasteiger partial charge in [0, 0.05) is 18.1 Å². The summed E-state index contributed by atoms with van der Waals surface area (Å²) in [6.45, 7) is 15.4. The fourth-order valence-electron chi connectivity index (χ4n) is 4.45. The highest BCUT2D eigenvalue weighted by atomic mass is 79.9. The Morgan fingerprint density at radius 3 is 2.00 bits per heavy atom. The van der Waals surface area contributed by atoms with Gasteiger partial charge < -0.3 is 13.7 Å². The van der Waals surface area contributed by atoms with E-state index in [1.54, 1.807) is 18.7 Å². The number of pyridine rings is 1. The maximum absolute atomic E-state index is 13.2. The molecule has 2 rings (SSSR count). The van der Waals surface area contributed by atoms with Crippen molar-refractivity contribution in [2.24, 2.45) is 7.05 Å². The number of ether oxygens (including phenoxy) is 1. The van der Waals surface area contributed by atoms with Crippen LogP contribution in [0.15, 0.2) is 21.4 Å². The molecule has 4 nitrogen and oxygen atoms in total. The molecule has 0 fully saturated rings. The highest BCUT2D eigenvalue weighted by Gasteiger charge is 2.47. The van der Waals surface area contributed by atoms with E-state index < -0.39 is 8.32 Å². The summed E-state index contributed by atoms with van der Waals surface area (Å²) in [7, 11) is 1.23. The number of fused-ring (bicyclic) bond motifs is 1. The normalized spacial score (nSPS) is 12.5. The smallest absolute Gasteiger partial charge is 0.262 e. The van der Waals surface area contributed by atoms with Gasteiger partial charge in [0.15, 0.2) is 0 Å². The van der Waals surface area contributed by atoms with Gasteiger partial charge in [-0.05, 0) is 51.6 Å². The van der Waals surface area contributed by atoms with Crippen LogP contribution in [0.5, 0.6) is 11.5 Å². The quantitative estimate of drug-likeness (QED) is 0.490. The first-order valence-electron chi connectivity index (χ1n) is 9.54. The number of hydrogen-bond donors (Lipinski definition) is 0. The Morgan fingerprint density at radius 2 is 1.56 bits per heavy atom. The minimum Gasteiger partial charge on any atom is -0.542 e. The second-order valence-electron chi connectivity index (χ2n) is 8.25. The summed E-state index contributed by atoms with van der Waals surface area (Å²) in [5, 5.41) is 1.39. The Balaban J connectivity index is 2.90. The minimum atomic E-state index is -2.20. The third kappa shape index (κ3) is 3.58. The third-order valence-electron chi connectivity index (χ3n) is 5.83. The fraction of sp³-hybridized carbons (Fsp3) is 0.571. The van der Waals surface area contributed by atoms with Crippen molar-refractivity contribution in [3.63, 3.8) is 0 Å². The van der Waals surface area contributed by atoms with Crippen LogP contribution >= 0.6 is 15.9 Å². The molecule has 0 unspecified atom stereocenters. The number of benzene rings is 1. The molecule has 0 aliphatic carbocycles. The van der Waals surface area contributed by atoms with Crippen LogP contribution in [0.4, 0.5) is 0 Å². The molecule has 0 bridgehead atoms. The molecule has 27 heavy (non-hydrogen) atoms. The van der Waals surface area contributed by atoms with E-state index in [1.165, 1.54) is 0 Å². The summed E-state index contributed by atoms with van der Waals surface area (Å²) in [6, 6.07) is 3.91. The zero-order valence-corrected chi connectivity index (χ0v) is 20.5. The summed E-state index contributed by atoms with van der Waals surface area (Å²) in [6.07, 6.45) is 0. The first kappa shape index (κ1) is 22.0. The highest BCUT2D eigenvalue weighted by molar-refractivity contribution is 9.10. The second kappa shape index (κ2) is 8.00. The van der Waals surface area contributed by atoms with Gasteiger partial charge in [-0.25, -0.2) is 0 Å². The molecule has 1 aromatic heterocycles. The summed E-state index contributed by atoms with van der Waals surface area (Å²) in [5.74, 6) is 1.34. The highest BCUT2D eigenvalue weighted by Crippen LogP contribution is 2.46. The molecule has 150 valence electrons. The van der Waals surface area contributed by atoms with E-state index in [0.717, 1.165) is 15.6 Å². The first-order valence-corrected chi connectivity index (χ1v) is 12.5. The summed E-state index contributed by atoms with van der Waals surface area (Å²) >= 11 is 3.62. The van der Waals surface area contributed by atoms with Crippen LogP contribution in [-0.4, -0.2) is 20.0 Å². The molecule has 0 radical (unpaired) electrons. The van der Waals surface area contributed by atoms with Gasteiger partial charge in [-0.3, -0.25) is 4.79 Å². The first-order chi connectivity index (χ1) is 12.5. The van der Waals surface area contributed by atoms with Gasteiger partial charge in [0.05, 0.1) is 17.0 Å². The van der Waals surface area contributed by atoms with E-state index in [2.05, 4.69) is 57.5 Å². The number of hydrogen-bond acceptors (Lipinski definition) is 3. The lowest BCUT2D eigenvalue weighted by Crippen LogP contribution is -2.50. The largest absolute Gasteiger partial charge is 0.542 e. The van der Waals surface area contributed by atoms with Gasteiger partial charge in [-0.15, -0.1) is 0 Å². The van der Waals surface area contributed by atoms with Gasteiger partial charge in [0.1, 0.15) is 11.5 Å². The molecular formula is C21H32BrNO3Si. The molecular weight excluding hydrogens is 422 g/mol. The maximum Gasteiger partial charge on any atom is 0.262 e. The predicted octanol–water partition coefficient (Wildman–Crippen LogP) is 6.17. The molecule has 0 saturated carbocycles. The molecule has 0 aliphatic rings. The SMILES string of the molecule is COc1c(Br)cc(O[Si](C(C)C)(C(C)C)C(C)C)c2c(=O)n(C)c(C)cc12. The van der Waals surface area contributed by atoms with Crippen LogP contribution in [0.2, 0.25) is 16.6 Å². The average molecular weight is 454 g/mol. The van der Waals surface area contributed by atoms with Crippen molar-refractivity contribution in [1.29, 1.82) is 0 Å². The average Bonchev–Trinajstić information content (AvgIpc) is 2.56. The number of aryl methyl sites for hydroxylation is 1. The zero-order valence-electron chi connectivity index (χ0n) is 17.9. The second-order valence-corrected chi connectivity index (χ2v) is 14.5. The summed E-state index contributed by atoms with van der Waals surface area (Å²) in [5.41, 5.74) is 2.09. The van der Waals surface area contributed by atoms with Gasteiger partial charge in [-0.2, -0.15) is 0 Å². The standard InChI is InChI=1S/C21H32BrNO3Si/c1-12(2)27(13(3)4,14(5)6)26-18-11-17(22)20(25-9)16-10-15(7)23(8)21(24)19(16)18/h10-14H,1-9H3. The molecule has 0 aliphatic heterocycles. The summed E-state index contributed by atoms with van der Waals surface area (Å²) < 4.78 is 15.0. The van der Waals surface area contributed by atoms with E-state index in [-0.39, 0.29) is 5.56 Å². The molecule has 6 heteroatoms. The van der Waals surface area contributed by atoms with Crippen molar-refractivity contribution in [1.82, 2.24) is 4.57 Å². The van der Waals surface area contributed by atoms with Crippen molar-refractivity contribution in [2.45, 2.75) is 65.1 Å². The number of methoxy groups -OCH3 is 1. The predicted molar refractivity (Wildman–Crippen MR) is 120 cm³/mol. The van der Waals surface area contributed by atoms with Crippen molar-refractivity contribution in [2.75, 3.05) is 7.11 Å². The monoisotopic (exact) mass is 453 g/mol. The van der Waals surface area contributed by atoms with Crippen molar-refractivity contribution >= 4 is 35.0 Å². The van der Waals surface area contributed by atoms with Crippen LogP contribution < -0.4 is 14.7 Å². The molecule has 0 N–H and O–H groups in total. The maximum atomic E-state index is 13.2. The van der Waals surface area contributed by atoms with Crippen molar-refractivity contribution in [3.05, 3.63) is 32.7 Å². The zero-order chi connectivity index (χ0) is 20.7. The Labute approximate surface area is 172 Å². The van der Waals surface area contributed by atoms with Gasteiger partial charge in [0.2, 0.25) is 0 Å². The van der Waals surface area contributed by atoms with Gasteiger partial charge in [0.25, 0.3) is 13.9 Å². The van der Waals surface area contributed by atoms with E-state index in [1.807, 2.05) is 19.1 Å². The Kier molecular flexibility index (Phi) is 6.52. The van der Waals surface area contributed by atoms with Crippen LogP contribution in [0, 0.1) is 6.92 Å². The van der Waals surface area contributed by atoms with Crippen LogP contribution in [-0.2, 0) is 7.05 Å². The van der Waals surface area contributed by atoms with Gasteiger partial charge >= 0.3 is 0 Å². The number of nitrogens with zero attached hydrogens (tertiary/aromatic N) is 1. The van der Waals surface area contributed by atoms with Gasteiger partial charge in [-0.1, -0.05) is 41.5 Å². The Morgan fingerprint density at radius 1 is 1.04 bits per heavy atom. The van der Waals surface area contributed by atoms with Crippen LogP contribution in [0.1, 0.15) is 47.2 Å². The van der Waals surface area contributed by atoms with E-state index in [4.69, 9.17) is 9.16 Å². The molecule has 0 saturated heterocycles. The molecule has 1 aromatic carbocycles. The number of aromatic nitrogens is 1. The Hall–Kier alpha value is -1.27. The lowest BCUT2D eigenvalue weighted by atomic mass is 10.1. The fourth-order valence-corrected chi connectivity index (χ4v) is 10.3. The molecule has 0 spiro atoms. The molecule has 2 aromatic rings. The van der Waals surface area contributed by atoms with E-state index >= 15 is 0 Å². The molecule has 1 heterocycles. The van der Waals surface area contributed by atoms with E-state index in [9.17, 15) is 4.79 Å².